The molecule has 4 aromatic rings. The lowest BCUT2D eigenvalue weighted by molar-refractivity contribution is 0.413. The van der Waals surface area contributed by atoms with E-state index in [1.165, 1.54) is 0 Å². The fourth-order valence-corrected chi connectivity index (χ4v) is 3.48. The zero-order valence-electron chi connectivity index (χ0n) is 15.4. The standard InChI is InChI=1S/C24H19ClN2O/c1-28-22-13-12-20(25)16-21(22)24(27-15-14-26-17-27)23(18-8-4-2-5-9-18)19-10-6-3-7-11-19/h2-17H,1H3. The number of aromatic nitrogens is 2. The zero-order chi connectivity index (χ0) is 19.3. The summed E-state index contributed by atoms with van der Waals surface area (Å²) in [5, 5.41) is 0.647. The third kappa shape index (κ3) is 3.57. The largest absolute Gasteiger partial charge is 0.496 e. The Morgan fingerprint density at radius 1 is 0.893 bits per heavy atom. The summed E-state index contributed by atoms with van der Waals surface area (Å²) in [6.45, 7) is 0. The van der Waals surface area contributed by atoms with Crippen molar-refractivity contribution in [2.45, 2.75) is 0 Å². The topological polar surface area (TPSA) is 27.1 Å². The van der Waals surface area contributed by atoms with Gasteiger partial charge in [0.2, 0.25) is 0 Å². The lowest BCUT2D eigenvalue weighted by Gasteiger charge is -2.20. The molecule has 0 atom stereocenters. The number of hydrogen-bond donors (Lipinski definition) is 0. The molecule has 1 heterocycles. The molecule has 0 aliphatic heterocycles. The molecule has 0 fully saturated rings. The summed E-state index contributed by atoms with van der Waals surface area (Å²) in [7, 11) is 1.67. The molecule has 0 amide bonds. The third-order valence-electron chi connectivity index (χ3n) is 4.54. The van der Waals surface area contributed by atoms with Crippen LogP contribution in [-0.2, 0) is 0 Å². The van der Waals surface area contributed by atoms with E-state index in [1.54, 1.807) is 19.6 Å². The fourth-order valence-electron chi connectivity index (χ4n) is 3.31. The molecule has 0 aliphatic rings. The molecule has 1 aromatic heterocycles. The molecule has 4 heteroatoms. The Labute approximate surface area is 169 Å². The van der Waals surface area contributed by atoms with Crippen LogP contribution in [0.25, 0.3) is 11.3 Å². The van der Waals surface area contributed by atoms with Crippen molar-refractivity contribution in [2.75, 3.05) is 7.11 Å². The van der Waals surface area contributed by atoms with Gasteiger partial charge in [-0.3, -0.25) is 0 Å². The van der Waals surface area contributed by atoms with E-state index in [4.69, 9.17) is 16.3 Å². The maximum atomic E-state index is 6.37. The number of ether oxygens (including phenoxy) is 1. The molecule has 0 spiro atoms. The van der Waals surface area contributed by atoms with Gasteiger partial charge in [-0.15, -0.1) is 0 Å². The quantitative estimate of drug-likeness (QED) is 0.393. The lowest BCUT2D eigenvalue weighted by Crippen LogP contribution is -2.04. The highest BCUT2D eigenvalue weighted by Crippen LogP contribution is 2.38. The summed E-state index contributed by atoms with van der Waals surface area (Å²) in [5.74, 6) is 0.748. The van der Waals surface area contributed by atoms with Crippen molar-refractivity contribution in [2.24, 2.45) is 0 Å². The molecule has 0 N–H and O–H groups in total. The van der Waals surface area contributed by atoms with Gasteiger partial charge in [0.25, 0.3) is 0 Å². The van der Waals surface area contributed by atoms with Crippen molar-refractivity contribution in [3.63, 3.8) is 0 Å². The minimum atomic E-state index is 0.647. The van der Waals surface area contributed by atoms with Crippen molar-refractivity contribution in [1.29, 1.82) is 0 Å². The zero-order valence-corrected chi connectivity index (χ0v) is 16.2. The van der Waals surface area contributed by atoms with Gasteiger partial charge in [-0.05, 0) is 29.3 Å². The predicted octanol–water partition coefficient (Wildman–Crippen LogP) is 6.01. The van der Waals surface area contributed by atoms with E-state index in [9.17, 15) is 0 Å². The van der Waals surface area contributed by atoms with E-state index in [1.807, 2.05) is 65.4 Å². The van der Waals surface area contributed by atoms with E-state index in [0.29, 0.717) is 5.02 Å². The minimum Gasteiger partial charge on any atom is -0.496 e. The summed E-state index contributed by atoms with van der Waals surface area (Å²) in [5.41, 5.74) is 5.11. The summed E-state index contributed by atoms with van der Waals surface area (Å²) >= 11 is 6.37. The van der Waals surface area contributed by atoms with E-state index >= 15 is 0 Å². The second-order valence-electron chi connectivity index (χ2n) is 6.27. The van der Waals surface area contributed by atoms with Gasteiger partial charge < -0.3 is 9.30 Å². The van der Waals surface area contributed by atoms with Crippen LogP contribution in [0.2, 0.25) is 5.02 Å². The van der Waals surface area contributed by atoms with Gasteiger partial charge in [0.1, 0.15) is 5.75 Å². The van der Waals surface area contributed by atoms with Crippen molar-refractivity contribution >= 4 is 22.9 Å². The summed E-state index contributed by atoms with van der Waals surface area (Å²) < 4.78 is 7.68. The molecule has 3 nitrogen and oxygen atoms in total. The van der Waals surface area contributed by atoms with Gasteiger partial charge in [0.05, 0.1) is 19.1 Å². The van der Waals surface area contributed by atoms with Crippen LogP contribution >= 0.6 is 11.6 Å². The number of nitrogens with zero attached hydrogens (tertiary/aromatic N) is 2. The summed E-state index contributed by atoms with van der Waals surface area (Å²) in [6.07, 6.45) is 5.49. The number of methoxy groups -OCH3 is 1. The molecule has 28 heavy (non-hydrogen) atoms. The van der Waals surface area contributed by atoms with Gasteiger partial charge in [0, 0.05) is 28.6 Å². The Morgan fingerprint density at radius 3 is 2.07 bits per heavy atom. The molecule has 0 saturated heterocycles. The van der Waals surface area contributed by atoms with Crippen LogP contribution in [0.15, 0.2) is 97.6 Å². The average Bonchev–Trinajstić information content (AvgIpc) is 3.27. The van der Waals surface area contributed by atoms with Gasteiger partial charge in [0.15, 0.2) is 0 Å². The minimum absolute atomic E-state index is 0.647. The molecule has 3 aromatic carbocycles. The Hall–Kier alpha value is -3.30. The van der Waals surface area contributed by atoms with Gasteiger partial charge in [-0.2, -0.15) is 0 Å². The van der Waals surface area contributed by atoms with Crippen LogP contribution in [0, 0.1) is 0 Å². The molecular weight excluding hydrogens is 368 g/mol. The normalized spacial score (nSPS) is 10.5. The van der Waals surface area contributed by atoms with Crippen LogP contribution in [0.3, 0.4) is 0 Å². The first-order valence-electron chi connectivity index (χ1n) is 8.95. The van der Waals surface area contributed by atoms with Crippen LogP contribution in [-0.4, -0.2) is 16.7 Å². The Bertz CT molecular complexity index is 1050. The third-order valence-corrected chi connectivity index (χ3v) is 4.78. The molecule has 138 valence electrons. The second kappa shape index (κ2) is 8.15. The molecule has 0 radical (unpaired) electrons. The SMILES string of the molecule is COc1ccc(Cl)cc1C(=C(c1ccccc1)c1ccccc1)n1ccnc1. The van der Waals surface area contributed by atoms with Crippen LogP contribution in [0.4, 0.5) is 0 Å². The number of rotatable bonds is 5. The van der Waals surface area contributed by atoms with Crippen molar-refractivity contribution < 1.29 is 4.74 Å². The Kier molecular flexibility index (Phi) is 5.27. The molecule has 0 bridgehead atoms. The molecule has 4 rings (SSSR count). The van der Waals surface area contributed by atoms with E-state index in [0.717, 1.165) is 33.7 Å². The van der Waals surface area contributed by atoms with Gasteiger partial charge in [-0.25, -0.2) is 4.98 Å². The van der Waals surface area contributed by atoms with Crippen molar-refractivity contribution in [3.8, 4) is 5.75 Å². The maximum absolute atomic E-state index is 6.37. The smallest absolute Gasteiger partial charge is 0.128 e. The molecular formula is C24H19ClN2O. The van der Waals surface area contributed by atoms with E-state index < -0.39 is 0 Å². The number of hydrogen-bond acceptors (Lipinski definition) is 2. The van der Waals surface area contributed by atoms with Crippen molar-refractivity contribution in [1.82, 2.24) is 9.55 Å². The molecule has 0 unspecified atom stereocenters. The van der Waals surface area contributed by atoms with Gasteiger partial charge in [-0.1, -0.05) is 72.3 Å². The first-order chi connectivity index (χ1) is 13.8. The average molecular weight is 387 g/mol. The van der Waals surface area contributed by atoms with Crippen LogP contribution in [0.1, 0.15) is 16.7 Å². The number of benzene rings is 3. The molecule has 0 saturated carbocycles. The highest BCUT2D eigenvalue weighted by Gasteiger charge is 2.19. The van der Waals surface area contributed by atoms with Gasteiger partial charge >= 0.3 is 0 Å². The lowest BCUT2D eigenvalue weighted by atomic mass is 9.92. The first kappa shape index (κ1) is 18.1. The molecule has 0 aliphatic carbocycles. The van der Waals surface area contributed by atoms with E-state index in [2.05, 4.69) is 29.2 Å². The summed E-state index contributed by atoms with van der Waals surface area (Å²) in [6, 6.07) is 26.3. The Balaban J connectivity index is 2.13. The number of imidazole rings is 1. The van der Waals surface area contributed by atoms with Crippen molar-refractivity contribution in [3.05, 3.63) is 119 Å². The van der Waals surface area contributed by atoms with Crippen LogP contribution < -0.4 is 4.74 Å². The monoisotopic (exact) mass is 386 g/mol. The highest BCUT2D eigenvalue weighted by atomic mass is 35.5. The number of halogens is 1. The summed E-state index contributed by atoms with van der Waals surface area (Å²) in [4.78, 5) is 4.27. The predicted molar refractivity (Wildman–Crippen MR) is 114 cm³/mol. The Morgan fingerprint density at radius 2 is 1.54 bits per heavy atom. The second-order valence-corrected chi connectivity index (χ2v) is 6.71. The van der Waals surface area contributed by atoms with Crippen LogP contribution in [0.5, 0.6) is 5.75 Å². The van der Waals surface area contributed by atoms with E-state index in [-0.39, 0.29) is 0 Å². The first-order valence-corrected chi connectivity index (χ1v) is 9.33. The highest BCUT2D eigenvalue weighted by molar-refractivity contribution is 6.30. The fraction of sp³-hybridized carbons (Fsp3) is 0.0417. The maximum Gasteiger partial charge on any atom is 0.128 e.